The Balaban J connectivity index is 1.53. The highest BCUT2D eigenvalue weighted by atomic mass is 16.2. The average Bonchev–Trinajstić information content (AvgIpc) is 2.68. The number of anilines is 2. The third-order valence-corrected chi connectivity index (χ3v) is 5.29. The van der Waals surface area contributed by atoms with Crippen LogP contribution in [0.25, 0.3) is 0 Å². The average molecular weight is 364 g/mol. The quantitative estimate of drug-likeness (QED) is 0.732. The Morgan fingerprint density at radius 3 is 2.93 bits per heavy atom. The molecule has 1 fully saturated rings. The summed E-state index contributed by atoms with van der Waals surface area (Å²) in [5, 5.41) is 5.99. The molecule has 1 heterocycles. The first-order valence-corrected chi connectivity index (χ1v) is 9.46. The summed E-state index contributed by atoms with van der Waals surface area (Å²) in [7, 11) is 0. The Labute approximate surface area is 158 Å². The number of hydrogen-bond acceptors (Lipinski definition) is 3. The van der Waals surface area contributed by atoms with Crippen molar-refractivity contribution in [3.8, 4) is 0 Å². The summed E-state index contributed by atoms with van der Waals surface area (Å²) in [6.07, 6.45) is 3.82. The van der Waals surface area contributed by atoms with Crippen LogP contribution < -0.4 is 21.3 Å². The molecule has 2 aromatic rings. The van der Waals surface area contributed by atoms with Gasteiger partial charge >= 0.3 is 6.03 Å². The number of fused-ring (bicyclic) bond motifs is 1. The molecule has 0 bridgehead atoms. The van der Waals surface area contributed by atoms with Crippen molar-refractivity contribution in [1.29, 1.82) is 0 Å². The Hall–Kier alpha value is -3.02. The van der Waals surface area contributed by atoms with E-state index in [0.29, 0.717) is 18.7 Å². The molecule has 27 heavy (non-hydrogen) atoms. The number of aryl methyl sites for hydroxylation is 1. The number of amides is 3. The van der Waals surface area contributed by atoms with Crippen molar-refractivity contribution in [2.24, 2.45) is 0 Å². The van der Waals surface area contributed by atoms with Crippen LogP contribution in [0.3, 0.4) is 0 Å². The minimum Gasteiger partial charge on any atom is -0.399 e. The highest BCUT2D eigenvalue weighted by Gasteiger charge is 2.24. The Morgan fingerprint density at radius 2 is 2.07 bits per heavy atom. The van der Waals surface area contributed by atoms with Gasteiger partial charge in [-0.05, 0) is 67.1 Å². The molecule has 1 saturated heterocycles. The van der Waals surface area contributed by atoms with E-state index in [1.807, 2.05) is 30.3 Å². The van der Waals surface area contributed by atoms with Gasteiger partial charge in [0.05, 0.1) is 6.04 Å². The number of nitrogen functional groups attached to an aromatic ring is 1. The van der Waals surface area contributed by atoms with Gasteiger partial charge in [0.1, 0.15) is 0 Å². The third-order valence-electron chi connectivity index (χ3n) is 5.29. The van der Waals surface area contributed by atoms with Crippen LogP contribution in [0.15, 0.2) is 42.5 Å². The number of nitrogens with two attached hydrogens (primary N) is 1. The fraction of sp³-hybridized carbons (Fsp3) is 0.333. The summed E-state index contributed by atoms with van der Waals surface area (Å²) >= 11 is 0. The molecule has 0 aromatic heterocycles. The molecule has 4 N–H and O–H groups in total. The molecule has 0 saturated carbocycles. The first-order chi connectivity index (χ1) is 13.1. The minimum absolute atomic E-state index is 0.0104. The van der Waals surface area contributed by atoms with Crippen LogP contribution in [0.5, 0.6) is 0 Å². The fourth-order valence-corrected chi connectivity index (χ4v) is 3.92. The fourth-order valence-electron chi connectivity index (χ4n) is 3.92. The minimum atomic E-state index is -0.121. The Bertz CT molecular complexity index is 880. The number of rotatable bonds is 3. The molecule has 140 valence electrons. The van der Waals surface area contributed by atoms with E-state index in [4.69, 9.17) is 5.73 Å². The van der Waals surface area contributed by atoms with Crippen molar-refractivity contribution in [1.82, 2.24) is 10.6 Å². The molecular weight excluding hydrogens is 340 g/mol. The van der Waals surface area contributed by atoms with Crippen LogP contribution in [0, 0.1) is 0 Å². The second kappa shape index (κ2) is 7.31. The van der Waals surface area contributed by atoms with E-state index < -0.39 is 0 Å². The van der Waals surface area contributed by atoms with Gasteiger partial charge in [-0.15, -0.1) is 0 Å². The lowest BCUT2D eigenvalue weighted by Crippen LogP contribution is -2.46. The van der Waals surface area contributed by atoms with Crippen LogP contribution >= 0.6 is 0 Å². The lowest BCUT2D eigenvalue weighted by atomic mass is 9.87. The van der Waals surface area contributed by atoms with Crippen molar-refractivity contribution in [3.05, 3.63) is 59.2 Å². The molecule has 6 nitrogen and oxygen atoms in total. The van der Waals surface area contributed by atoms with Crippen LogP contribution in [-0.2, 0) is 6.42 Å². The Kier molecular flexibility index (Phi) is 4.71. The van der Waals surface area contributed by atoms with Crippen molar-refractivity contribution in [2.75, 3.05) is 23.7 Å². The van der Waals surface area contributed by atoms with Crippen LogP contribution in [0.1, 0.15) is 46.8 Å². The molecule has 3 amide bonds. The monoisotopic (exact) mass is 364 g/mol. The van der Waals surface area contributed by atoms with E-state index in [0.717, 1.165) is 42.6 Å². The molecule has 0 radical (unpaired) electrons. The normalized spacial score (nSPS) is 19.2. The number of nitrogens with zero attached hydrogens (tertiary/aromatic N) is 1. The molecule has 4 rings (SSSR count). The number of carbonyl (C=O) groups is 2. The van der Waals surface area contributed by atoms with Gasteiger partial charge in [0, 0.05) is 30.0 Å². The zero-order chi connectivity index (χ0) is 18.8. The predicted octanol–water partition coefficient (Wildman–Crippen LogP) is 3.00. The Morgan fingerprint density at radius 1 is 1.19 bits per heavy atom. The lowest BCUT2D eigenvalue weighted by Gasteiger charge is -2.28. The first-order valence-electron chi connectivity index (χ1n) is 9.46. The van der Waals surface area contributed by atoms with E-state index >= 15 is 0 Å². The smallest absolute Gasteiger partial charge is 0.321 e. The second-order valence-corrected chi connectivity index (χ2v) is 7.16. The van der Waals surface area contributed by atoms with Crippen LogP contribution in [0.2, 0.25) is 0 Å². The van der Waals surface area contributed by atoms with Gasteiger partial charge < -0.3 is 16.4 Å². The molecule has 1 aliphatic heterocycles. The molecule has 2 aromatic carbocycles. The van der Waals surface area contributed by atoms with Crippen molar-refractivity contribution in [3.63, 3.8) is 0 Å². The first kappa shape index (κ1) is 17.4. The predicted molar refractivity (Wildman–Crippen MR) is 106 cm³/mol. The van der Waals surface area contributed by atoms with Gasteiger partial charge in [-0.3, -0.25) is 9.69 Å². The highest BCUT2D eigenvalue weighted by molar-refractivity contribution is 5.98. The van der Waals surface area contributed by atoms with E-state index in [2.05, 4.69) is 10.6 Å². The van der Waals surface area contributed by atoms with Gasteiger partial charge in [-0.25, -0.2) is 4.79 Å². The summed E-state index contributed by atoms with van der Waals surface area (Å²) in [6.45, 7) is 1.36. The maximum Gasteiger partial charge on any atom is 0.321 e. The number of urea groups is 1. The third kappa shape index (κ3) is 3.60. The zero-order valence-corrected chi connectivity index (χ0v) is 15.2. The van der Waals surface area contributed by atoms with Crippen molar-refractivity contribution < 1.29 is 9.59 Å². The largest absolute Gasteiger partial charge is 0.399 e. The van der Waals surface area contributed by atoms with Gasteiger partial charge in [0.2, 0.25) is 0 Å². The zero-order valence-electron chi connectivity index (χ0n) is 15.2. The lowest BCUT2D eigenvalue weighted by molar-refractivity contribution is 0.0932. The van der Waals surface area contributed by atoms with E-state index in [9.17, 15) is 9.59 Å². The van der Waals surface area contributed by atoms with E-state index in [1.54, 1.807) is 17.0 Å². The second-order valence-electron chi connectivity index (χ2n) is 7.16. The van der Waals surface area contributed by atoms with Gasteiger partial charge in [-0.1, -0.05) is 12.1 Å². The topological polar surface area (TPSA) is 87.5 Å². The van der Waals surface area contributed by atoms with E-state index in [-0.39, 0.29) is 18.0 Å². The maximum atomic E-state index is 12.9. The molecule has 1 aliphatic carbocycles. The van der Waals surface area contributed by atoms with Crippen LogP contribution in [0.4, 0.5) is 16.2 Å². The summed E-state index contributed by atoms with van der Waals surface area (Å²) < 4.78 is 0. The maximum absolute atomic E-state index is 12.9. The van der Waals surface area contributed by atoms with E-state index in [1.165, 1.54) is 5.56 Å². The molecule has 1 atom stereocenters. The van der Waals surface area contributed by atoms with Gasteiger partial charge in [-0.2, -0.15) is 0 Å². The number of benzene rings is 2. The number of carbonyl (C=O) groups excluding carboxylic acids is 2. The highest BCUT2D eigenvalue weighted by Crippen LogP contribution is 2.31. The van der Waals surface area contributed by atoms with Crippen molar-refractivity contribution in [2.45, 2.75) is 31.7 Å². The molecule has 6 heteroatoms. The number of nitrogens with one attached hydrogen (secondary N) is 2. The SMILES string of the molecule is Nc1ccc2c(c1)CCCC2NC(=O)c1cccc(N2CCCNC2=O)c1. The molecule has 2 aliphatic rings. The molecule has 1 unspecified atom stereocenters. The standard InChI is InChI=1S/C21H24N4O2/c22-16-8-9-18-14(12-16)4-2-7-19(18)24-20(26)15-5-1-6-17(13-15)25-11-3-10-23-21(25)27/h1,5-6,8-9,12-13,19H,2-4,7,10-11,22H2,(H,23,27)(H,24,26). The summed E-state index contributed by atoms with van der Waals surface area (Å²) in [4.78, 5) is 26.6. The summed E-state index contributed by atoms with van der Waals surface area (Å²) in [5.41, 5.74) is 10.3. The van der Waals surface area contributed by atoms with Gasteiger partial charge in [0.25, 0.3) is 5.91 Å². The number of hydrogen-bond donors (Lipinski definition) is 3. The summed E-state index contributed by atoms with van der Waals surface area (Å²) in [6, 6.07) is 13.0. The molecule has 0 spiro atoms. The summed E-state index contributed by atoms with van der Waals surface area (Å²) in [5.74, 6) is -0.121. The molecular formula is C21H24N4O2. The van der Waals surface area contributed by atoms with Gasteiger partial charge in [0.15, 0.2) is 0 Å². The van der Waals surface area contributed by atoms with Crippen LogP contribution in [-0.4, -0.2) is 25.0 Å². The van der Waals surface area contributed by atoms with Crippen molar-refractivity contribution >= 4 is 23.3 Å².